The first-order chi connectivity index (χ1) is 12.4. The van der Waals surface area contributed by atoms with E-state index in [4.69, 9.17) is 0 Å². The molecule has 3 N–H and O–H groups in total. The second-order valence-corrected chi connectivity index (χ2v) is 5.49. The summed E-state index contributed by atoms with van der Waals surface area (Å²) in [7, 11) is 1.32. The lowest BCUT2D eigenvalue weighted by Crippen LogP contribution is -2.40. The molecule has 26 heavy (non-hydrogen) atoms. The number of rotatable bonds is 9. The number of alkyl halides is 2. The normalized spacial score (nSPS) is 13.9. The van der Waals surface area contributed by atoms with Gasteiger partial charge in [0, 0.05) is 13.1 Å². The maximum absolute atomic E-state index is 12.1. The molecule has 0 spiro atoms. The SMILES string of the molecule is CCNC(=NCC(C)C(=O)OC)NCC(O)c1ccc(OC(F)F)cc1. The number of nitrogens with one attached hydrogen (secondary N) is 2. The highest BCUT2D eigenvalue weighted by molar-refractivity contribution is 5.80. The number of aliphatic hydroxyl groups is 1. The summed E-state index contributed by atoms with van der Waals surface area (Å²) in [6.07, 6.45) is -0.877. The lowest BCUT2D eigenvalue weighted by Gasteiger charge is -2.16. The number of benzene rings is 1. The summed E-state index contributed by atoms with van der Waals surface area (Å²) in [5.41, 5.74) is 0.540. The van der Waals surface area contributed by atoms with Gasteiger partial charge in [0.05, 0.1) is 25.7 Å². The largest absolute Gasteiger partial charge is 0.469 e. The van der Waals surface area contributed by atoms with Crippen LogP contribution in [0.3, 0.4) is 0 Å². The molecular formula is C17H25F2N3O4. The standard InChI is InChI=1S/C17H25F2N3O4/c1-4-20-17(21-9-11(2)15(24)25-3)22-10-14(23)12-5-7-13(8-6-12)26-16(18)19/h5-8,11,14,16,23H,4,9-10H2,1-3H3,(H2,20,21,22). The number of ether oxygens (including phenoxy) is 2. The molecule has 0 radical (unpaired) electrons. The number of hydrogen-bond acceptors (Lipinski definition) is 5. The predicted octanol–water partition coefficient (Wildman–Crippen LogP) is 1.69. The highest BCUT2D eigenvalue weighted by atomic mass is 19.3. The Morgan fingerprint density at radius 1 is 1.27 bits per heavy atom. The molecule has 146 valence electrons. The van der Waals surface area contributed by atoms with Gasteiger partial charge in [-0.15, -0.1) is 0 Å². The Balaban J connectivity index is 2.60. The van der Waals surface area contributed by atoms with Gasteiger partial charge in [-0.05, 0) is 24.6 Å². The molecule has 0 saturated heterocycles. The molecule has 2 atom stereocenters. The summed E-state index contributed by atoms with van der Waals surface area (Å²) in [6, 6.07) is 5.74. The Bertz CT molecular complexity index is 582. The number of nitrogens with zero attached hydrogens (tertiary/aromatic N) is 1. The Labute approximate surface area is 151 Å². The molecule has 0 fully saturated rings. The molecule has 7 nitrogen and oxygen atoms in total. The highest BCUT2D eigenvalue weighted by Gasteiger charge is 2.13. The van der Waals surface area contributed by atoms with E-state index in [1.165, 1.54) is 31.4 Å². The number of methoxy groups -OCH3 is 1. The van der Waals surface area contributed by atoms with Gasteiger partial charge < -0.3 is 25.2 Å². The Morgan fingerprint density at radius 2 is 1.92 bits per heavy atom. The molecule has 0 aliphatic heterocycles. The van der Waals surface area contributed by atoms with Gasteiger partial charge in [0.25, 0.3) is 0 Å². The Hall–Kier alpha value is -2.42. The van der Waals surface area contributed by atoms with Crippen molar-refractivity contribution in [2.45, 2.75) is 26.6 Å². The maximum atomic E-state index is 12.1. The lowest BCUT2D eigenvalue weighted by molar-refractivity contribution is -0.144. The van der Waals surface area contributed by atoms with Crippen LogP contribution in [0.1, 0.15) is 25.5 Å². The van der Waals surface area contributed by atoms with Crippen LogP contribution in [-0.4, -0.2) is 50.4 Å². The van der Waals surface area contributed by atoms with Crippen molar-refractivity contribution in [3.8, 4) is 5.75 Å². The second-order valence-electron chi connectivity index (χ2n) is 5.49. The Morgan fingerprint density at radius 3 is 2.46 bits per heavy atom. The molecular weight excluding hydrogens is 348 g/mol. The fourth-order valence-electron chi connectivity index (χ4n) is 2.03. The first kappa shape index (κ1) is 21.6. The molecule has 0 bridgehead atoms. The molecule has 1 aromatic carbocycles. The number of carbonyl (C=O) groups excluding carboxylic acids is 1. The molecule has 1 rings (SSSR count). The number of hydrogen-bond donors (Lipinski definition) is 3. The van der Waals surface area contributed by atoms with Crippen LogP contribution in [0.4, 0.5) is 8.78 Å². The van der Waals surface area contributed by atoms with Crippen LogP contribution in [0.5, 0.6) is 5.75 Å². The summed E-state index contributed by atoms with van der Waals surface area (Å²) in [5.74, 6) is -0.269. The van der Waals surface area contributed by atoms with Gasteiger partial charge in [-0.25, -0.2) is 0 Å². The van der Waals surface area contributed by atoms with E-state index in [2.05, 4.69) is 25.1 Å². The van der Waals surface area contributed by atoms with Crippen molar-refractivity contribution in [3.63, 3.8) is 0 Å². The number of aliphatic hydroxyl groups excluding tert-OH is 1. The van der Waals surface area contributed by atoms with Crippen molar-refractivity contribution < 1.29 is 28.2 Å². The third kappa shape index (κ3) is 7.64. The van der Waals surface area contributed by atoms with Crippen LogP contribution in [0.25, 0.3) is 0 Å². The van der Waals surface area contributed by atoms with Crippen LogP contribution in [0.2, 0.25) is 0 Å². The zero-order valence-electron chi connectivity index (χ0n) is 15.0. The molecule has 0 aromatic heterocycles. The molecule has 0 amide bonds. The van der Waals surface area contributed by atoms with Gasteiger partial charge >= 0.3 is 12.6 Å². The average molecular weight is 373 g/mol. The quantitative estimate of drug-likeness (QED) is 0.347. The summed E-state index contributed by atoms with van der Waals surface area (Å²) in [4.78, 5) is 15.7. The molecule has 0 aliphatic rings. The summed E-state index contributed by atoms with van der Waals surface area (Å²) in [6.45, 7) is 1.69. The first-order valence-corrected chi connectivity index (χ1v) is 8.20. The zero-order valence-corrected chi connectivity index (χ0v) is 15.0. The first-order valence-electron chi connectivity index (χ1n) is 8.20. The molecule has 1 aromatic rings. The molecule has 2 unspecified atom stereocenters. The number of guanidine groups is 1. The van der Waals surface area contributed by atoms with Crippen molar-refractivity contribution >= 4 is 11.9 Å². The molecule has 0 aliphatic carbocycles. The van der Waals surface area contributed by atoms with Crippen LogP contribution < -0.4 is 15.4 Å². The Kier molecular flexibility index (Phi) is 9.35. The maximum Gasteiger partial charge on any atom is 0.387 e. The van der Waals surface area contributed by atoms with Crippen LogP contribution >= 0.6 is 0 Å². The van der Waals surface area contributed by atoms with E-state index in [1.54, 1.807) is 6.92 Å². The minimum absolute atomic E-state index is 0.0237. The van der Waals surface area contributed by atoms with Gasteiger partial charge in [0.2, 0.25) is 0 Å². The van der Waals surface area contributed by atoms with Gasteiger partial charge in [0.1, 0.15) is 5.75 Å². The monoisotopic (exact) mass is 373 g/mol. The summed E-state index contributed by atoms with van der Waals surface area (Å²) < 4.78 is 33.2. The fourth-order valence-corrected chi connectivity index (χ4v) is 2.03. The summed E-state index contributed by atoms with van der Waals surface area (Å²) in [5, 5.41) is 16.2. The van der Waals surface area contributed by atoms with Crippen molar-refractivity contribution in [2.24, 2.45) is 10.9 Å². The highest BCUT2D eigenvalue weighted by Crippen LogP contribution is 2.18. The van der Waals surface area contributed by atoms with Crippen LogP contribution in [-0.2, 0) is 9.53 Å². The smallest absolute Gasteiger partial charge is 0.387 e. The fraction of sp³-hybridized carbons (Fsp3) is 0.529. The van der Waals surface area contributed by atoms with Gasteiger partial charge in [-0.2, -0.15) is 8.78 Å². The van der Waals surface area contributed by atoms with Gasteiger partial charge in [-0.1, -0.05) is 19.1 Å². The number of aliphatic imine (C=N–C) groups is 1. The van der Waals surface area contributed by atoms with Crippen molar-refractivity contribution in [1.82, 2.24) is 10.6 Å². The number of carbonyl (C=O) groups is 1. The average Bonchev–Trinajstić information content (AvgIpc) is 2.62. The van der Waals surface area contributed by atoms with E-state index in [-0.39, 0.29) is 30.7 Å². The van der Waals surface area contributed by atoms with E-state index >= 15 is 0 Å². The topological polar surface area (TPSA) is 92.2 Å². The third-order valence-corrected chi connectivity index (χ3v) is 3.42. The van der Waals surface area contributed by atoms with Gasteiger partial charge in [-0.3, -0.25) is 9.79 Å². The van der Waals surface area contributed by atoms with E-state index in [1.807, 2.05) is 6.92 Å². The summed E-state index contributed by atoms with van der Waals surface area (Å²) >= 11 is 0. The zero-order chi connectivity index (χ0) is 19.5. The minimum Gasteiger partial charge on any atom is -0.469 e. The van der Waals surface area contributed by atoms with Gasteiger partial charge in [0.15, 0.2) is 5.96 Å². The van der Waals surface area contributed by atoms with Crippen LogP contribution in [0, 0.1) is 5.92 Å². The molecule has 0 saturated carbocycles. The van der Waals surface area contributed by atoms with Crippen molar-refractivity contribution in [3.05, 3.63) is 29.8 Å². The predicted molar refractivity (Wildman–Crippen MR) is 93.2 cm³/mol. The van der Waals surface area contributed by atoms with Crippen molar-refractivity contribution in [2.75, 3.05) is 26.7 Å². The van der Waals surface area contributed by atoms with E-state index in [9.17, 15) is 18.7 Å². The second kappa shape index (κ2) is 11.2. The number of esters is 1. The minimum atomic E-state index is -2.89. The van der Waals surface area contributed by atoms with Crippen LogP contribution in [0.15, 0.2) is 29.3 Å². The van der Waals surface area contributed by atoms with E-state index in [0.717, 1.165) is 0 Å². The third-order valence-electron chi connectivity index (χ3n) is 3.42. The van der Waals surface area contributed by atoms with Crippen molar-refractivity contribution in [1.29, 1.82) is 0 Å². The molecule has 9 heteroatoms. The van der Waals surface area contributed by atoms with E-state index in [0.29, 0.717) is 18.1 Å². The van der Waals surface area contributed by atoms with E-state index < -0.39 is 12.7 Å². The lowest BCUT2D eigenvalue weighted by atomic mass is 10.1. The molecule has 0 heterocycles. The number of halogens is 2.